The van der Waals surface area contributed by atoms with Crippen LogP contribution in [-0.2, 0) is 18.5 Å². The lowest BCUT2D eigenvalue weighted by molar-refractivity contribution is 0.645. The summed E-state index contributed by atoms with van der Waals surface area (Å²) in [5, 5.41) is 6.94. The summed E-state index contributed by atoms with van der Waals surface area (Å²) in [5.74, 6) is 0.852. The first-order chi connectivity index (χ1) is 13.8. The van der Waals surface area contributed by atoms with E-state index in [2.05, 4.69) is 79.8 Å². The van der Waals surface area contributed by atoms with Crippen LogP contribution in [0.4, 0.5) is 0 Å². The fraction of sp³-hybridized carbons (Fsp3) is 0.304. The van der Waals surface area contributed by atoms with Crippen molar-refractivity contribution in [1.29, 1.82) is 0 Å². The molecule has 4 rings (SSSR count). The zero-order chi connectivity index (χ0) is 19.2. The molecule has 0 aliphatic heterocycles. The molecule has 1 saturated carbocycles. The lowest BCUT2D eigenvalue weighted by Crippen LogP contribution is -2.40. The zero-order valence-corrected chi connectivity index (χ0v) is 16.3. The Balaban J connectivity index is 1.27. The van der Waals surface area contributed by atoms with Crippen LogP contribution in [-0.4, -0.2) is 29.1 Å². The Morgan fingerprint density at radius 1 is 1.04 bits per heavy atom. The van der Waals surface area contributed by atoms with E-state index in [1.54, 1.807) is 6.20 Å². The van der Waals surface area contributed by atoms with E-state index in [0.29, 0.717) is 0 Å². The Bertz CT molecular complexity index is 894. The molecule has 1 heterocycles. The number of hydrogen-bond donors (Lipinski definition) is 2. The minimum Gasteiger partial charge on any atom is -0.356 e. The number of hydrogen-bond acceptors (Lipinski definition) is 2. The molecule has 5 heteroatoms. The van der Waals surface area contributed by atoms with Gasteiger partial charge in [-0.05, 0) is 29.5 Å². The van der Waals surface area contributed by atoms with Gasteiger partial charge in [0, 0.05) is 44.5 Å². The van der Waals surface area contributed by atoms with Crippen LogP contribution in [0.3, 0.4) is 0 Å². The lowest BCUT2D eigenvalue weighted by atomic mass is 9.96. The average molecular weight is 374 g/mol. The fourth-order valence-corrected chi connectivity index (χ4v) is 3.52. The summed E-state index contributed by atoms with van der Waals surface area (Å²) in [6.07, 6.45) is 8.10. The number of imidazole rings is 1. The summed E-state index contributed by atoms with van der Waals surface area (Å²) in [5.41, 5.74) is 4.20. The van der Waals surface area contributed by atoms with Gasteiger partial charge in [-0.3, -0.25) is 4.99 Å². The predicted octanol–water partition coefficient (Wildman–Crippen LogP) is 3.33. The number of guanidine groups is 1. The van der Waals surface area contributed by atoms with Crippen molar-refractivity contribution >= 4 is 5.96 Å². The number of aromatic nitrogens is 2. The summed E-state index contributed by atoms with van der Waals surface area (Å²) >= 11 is 0. The molecule has 1 aliphatic rings. The van der Waals surface area contributed by atoms with Gasteiger partial charge in [-0.1, -0.05) is 54.6 Å². The van der Waals surface area contributed by atoms with E-state index in [9.17, 15) is 0 Å². The summed E-state index contributed by atoms with van der Waals surface area (Å²) in [4.78, 5) is 8.46. The second-order valence-electron chi connectivity index (χ2n) is 7.48. The van der Waals surface area contributed by atoms with Crippen LogP contribution in [0.1, 0.15) is 29.5 Å². The second kappa shape index (κ2) is 8.30. The highest BCUT2D eigenvalue weighted by Crippen LogP contribution is 2.47. The number of aliphatic imine (C=N–C) groups is 1. The van der Waals surface area contributed by atoms with E-state index in [4.69, 9.17) is 0 Å². The summed E-state index contributed by atoms with van der Waals surface area (Å²) in [7, 11) is 1.83. The molecule has 1 fully saturated rings. The van der Waals surface area contributed by atoms with Gasteiger partial charge in [0.25, 0.3) is 0 Å². The third kappa shape index (κ3) is 4.42. The number of nitrogens with one attached hydrogen (secondary N) is 2. The standard InChI is InChI=1S/C23H27N5/c1-24-22(27-17-23(11-12-23)21-5-3-2-4-6-21)26-15-19-7-9-20(10-8-19)16-28-14-13-25-18-28/h2-10,13-14,18H,11-12,15-17H2,1H3,(H2,24,26,27). The molecule has 0 radical (unpaired) electrons. The van der Waals surface area contributed by atoms with E-state index in [0.717, 1.165) is 25.6 Å². The maximum atomic E-state index is 4.38. The van der Waals surface area contributed by atoms with Gasteiger partial charge in [0.15, 0.2) is 5.96 Å². The van der Waals surface area contributed by atoms with Crippen LogP contribution < -0.4 is 10.6 Å². The fourth-order valence-electron chi connectivity index (χ4n) is 3.52. The minimum absolute atomic E-state index is 0.272. The quantitative estimate of drug-likeness (QED) is 0.493. The highest BCUT2D eigenvalue weighted by molar-refractivity contribution is 5.79. The molecule has 0 saturated heterocycles. The molecule has 0 spiro atoms. The first-order valence-corrected chi connectivity index (χ1v) is 9.81. The van der Waals surface area contributed by atoms with Crippen LogP contribution in [0.2, 0.25) is 0 Å². The Hall–Kier alpha value is -3.08. The number of rotatable bonds is 7. The predicted molar refractivity (Wildman–Crippen MR) is 113 cm³/mol. The monoisotopic (exact) mass is 373 g/mol. The Morgan fingerprint density at radius 3 is 2.43 bits per heavy atom. The van der Waals surface area contributed by atoms with Crippen LogP contribution in [0.15, 0.2) is 78.3 Å². The number of nitrogens with zero attached hydrogens (tertiary/aromatic N) is 3. The highest BCUT2D eigenvalue weighted by atomic mass is 15.2. The van der Waals surface area contributed by atoms with Crippen LogP contribution in [0.25, 0.3) is 0 Å². The SMILES string of the molecule is CN=C(NCc1ccc(Cn2ccnc2)cc1)NCC1(c2ccccc2)CC1. The Kier molecular flexibility index (Phi) is 5.42. The summed E-state index contributed by atoms with van der Waals surface area (Å²) in [6.45, 7) is 2.52. The third-order valence-electron chi connectivity index (χ3n) is 5.46. The van der Waals surface area contributed by atoms with Gasteiger partial charge in [0.05, 0.1) is 6.33 Å². The van der Waals surface area contributed by atoms with Crippen molar-refractivity contribution in [1.82, 2.24) is 20.2 Å². The molecule has 0 amide bonds. The van der Waals surface area contributed by atoms with E-state index in [1.165, 1.54) is 29.5 Å². The highest BCUT2D eigenvalue weighted by Gasteiger charge is 2.43. The molecule has 3 aromatic rings. The topological polar surface area (TPSA) is 54.2 Å². The first kappa shape index (κ1) is 18.3. The molecule has 1 aliphatic carbocycles. The summed E-state index contributed by atoms with van der Waals surface area (Å²) in [6, 6.07) is 19.5. The van der Waals surface area contributed by atoms with E-state index >= 15 is 0 Å². The summed E-state index contributed by atoms with van der Waals surface area (Å²) < 4.78 is 2.07. The van der Waals surface area contributed by atoms with Gasteiger partial charge in [-0.2, -0.15) is 0 Å². The van der Waals surface area contributed by atoms with Crippen LogP contribution >= 0.6 is 0 Å². The van der Waals surface area contributed by atoms with Crippen molar-refractivity contribution in [2.24, 2.45) is 4.99 Å². The third-order valence-corrected chi connectivity index (χ3v) is 5.46. The molecule has 5 nitrogen and oxygen atoms in total. The molecule has 0 unspecified atom stereocenters. The molecule has 1 aromatic heterocycles. The van der Waals surface area contributed by atoms with Gasteiger partial charge < -0.3 is 15.2 Å². The maximum Gasteiger partial charge on any atom is 0.191 e. The smallest absolute Gasteiger partial charge is 0.191 e. The molecular weight excluding hydrogens is 346 g/mol. The van der Waals surface area contributed by atoms with Crippen molar-refractivity contribution in [2.75, 3.05) is 13.6 Å². The van der Waals surface area contributed by atoms with Crippen molar-refractivity contribution in [3.05, 3.63) is 90.0 Å². The van der Waals surface area contributed by atoms with Gasteiger partial charge in [-0.25, -0.2) is 4.98 Å². The molecule has 2 N–H and O–H groups in total. The molecule has 28 heavy (non-hydrogen) atoms. The minimum atomic E-state index is 0.272. The van der Waals surface area contributed by atoms with E-state index < -0.39 is 0 Å². The molecule has 0 bridgehead atoms. The molecule has 144 valence electrons. The Morgan fingerprint density at radius 2 is 1.79 bits per heavy atom. The lowest BCUT2D eigenvalue weighted by Gasteiger charge is -2.19. The maximum absolute atomic E-state index is 4.38. The van der Waals surface area contributed by atoms with Gasteiger partial charge >= 0.3 is 0 Å². The molecule has 0 atom stereocenters. The first-order valence-electron chi connectivity index (χ1n) is 9.81. The van der Waals surface area contributed by atoms with Crippen molar-refractivity contribution in [2.45, 2.75) is 31.3 Å². The van der Waals surface area contributed by atoms with E-state index in [-0.39, 0.29) is 5.41 Å². The second-order valence-corrected chi connectivity index (χ2v) is 7.48. The average Bonchev–Trinajstić information content (AvgIpc) is 3.37. The molecular formula is C23H27N5. The van der Waals surface area contributed by atoms with Crippen LogP contribution in [0, 0.1) is 0 Å². The van der Waals surface area contributed by atoms with Gasteiger partial charge in [0.2, 0.25) is 0 Å². The van der Waals surface area contributed by atoms with Gasteiger partial charge in [0.1, 0.15) is 0 Å². The van der Waals surface area contributed by atoms with E-state index in [1.807, 2.05) is 19.6 Å². The zero-order valence-electron chi connectivity index (χ0n) is 16.3. The van der Waals surface area contributed by atoms with Crippen molar-refractivity contribution in [3.63, 3.8) is 0 Å². The van der Waals surface area contributed by atoms with Gasteiger partial charge in [-0.15, -0.1) is 0 Å². The number of benzene rings is 2. The van der Waals surface area contributed by atoms with Crippen molar-refractivity contribution in [3.8, 4) is 0 Å². The molecule has 2 aromatic carbocycles. The largest absolute Gasteiger partial charge is 0.356 e. The normalized spacial score (nSPS) is 15.2. The van der Waals surface area contributed by atoms with Crippen molar-refractivity contribution < 1.29 is 0 Å². The Labute approximate surface area is 166 Å². The van der Waals surface area contributed by atoms with Crippen LogP contribution in [0.5, 0.6) is 0 Å².